The highest BCUT2D eigenvalue weighted by molar-refractivity contribution is 5.99. The maximum atomic E-state index is 12.7. The largest absolute Gasteiger partial charge is 0.325 e. The van der Waals surface area contributed by atoms with E-state index in [-0.39, 0.29) is 11.6 Å². The normalized spacial score (nSPS) is 11.6. The van der Waals surface area contributed by atoms with Gasteiger partial charge in [0, 0.05) is 23.4 Å². The number of carbonyl (C=O) groups is 1. The minimum Gasteiger partial charge on any atom is -0.325 e. The minimum absolute atomic E-state index is 0.00998. The van der Waals surface area contributed by atoms with Gasteiger partial charge in [0.1, 0.15) is 0 Å². The van der Waals surface area contributed by atoms with Gasteiger partial charge in [0.25, 0.3) is 5.69 Å². The summed E-state index contributed by atoms with van der Waals surface area (Å²) in [7, 11) is 0. The smallest absolute Gasteiger partial charge is 0.269 e. The van der Waals surface area contributed by atoms with Crippen molar-refractivity contribution in [3.05, 3.63) is 94.5 Å². The third-order valence-corrected chi connectivity index (χ3v) is 4.27. The number of hydrogen-bond acceptors (Lipinski definition) is 3. The Kier molecular flexibility index (Phi) is 5.08. The lowest BCUT2D eigenvalue weighted by Gasteiger charge is -2.15. The number of hydrogen-bond donors (Lipinski definition) is 1. The fourth-order valence-electron chi connectivity index (χ4n) is 2.74. The molecule has 0 aliphatic rings. The Labute approximate surface area is 151 Å². The van der Waals surface area contributed by atoms with Crippen molar-refractivity contribution in [2.45, 2.75) is 12.8 Å². The maximum absolute atomic E-state index is 12.7. The zero-order chi connectivity index (χ0) is 18.5. The Morgan fingerprint density at radius 1 is 0.923 bits per heavy atom. The van der Waals surface area contributed by atoms with E-state index in [0.717, 1.165) is 22.4 Å². The Hall–Kier alpha value is -3.47. The monoisotopic (exact) mass is 346 g/mol. The molecular formula is C21H18N2O3. The Morgan fingerprint density at radius 2 is 1.54 bits per heavy atom. The molecule has 1 unspecified atom stereocenters. The van der Waals surface area contributed by atoms with E-state index in [1.165, 1.54) is 12.1 Å². The molecule has 1 atom stereocenters. The van der Waals surface area contributed by atoms with Crippen LogP contribution >= 0.6 is 0 Å². The molecule has 0 aliphatic heterocycles. The van der Waals surface area contributed by atoms with Crippen LogP contribution in [-0.4, -0.2) is 10.8 Å². The molecule has 0 saturated heterocycles. The molecule has 1 amide bonds. The van der Waals surface area contributed by atoms with Gasteiger partial charge in [-0.15, -0.1) is 0 Å². The first-order valence-corrected chi connectivity index (χ1v) is 8.26. The van der Waals surface area contributed by atoms with Gasteiger partial charge in [-0.05, 0) is 24.1 Å². The first kappa shape index (κ1) is 17.4. The average molecular weight is 346 g/mol. The predicted octanol–water partition coefficient (Wildman–Crippen LogP) is 5.00. The second-order valence-corrected chi connectivity index (χ2v) is 5.97. The third-order valence-electron chi connectivity index (χ3n) is 4.27. The molecule has 3 rings (SSSR count). The summed E-state index contributed by atoms with van der Waals surface area (Å²) in [5.41, 5.74) is 3.43. The molecule has 0 bridgehead atoms. The van der Waals surface area contributed by atoms with Crippen LogP contribution in [0.25, 0.3) is 11.1 Å². The van der Waals surface area contributed by atoms with Gasteiger partial charge in [0.2, 0.25) is 5.91 Å². The highest BCUT2D eigenvalue weighted by Crippen LogP contribution is 2.29. The van der Waals surface area contributed by atoms with Crippen molar-refractivity contribution in [2.24, 2.45) is 0 Å². The van der Waals surface area contributed by atoms with Crippen molar-refractivity contribution >= 4 is 17.3 Å². The molecule has 26 heavy (non-hydrogen) atoms. The van der Waals surface area contributed by atoms with Gasteiger partial charge in [-0.25, -0.2) is 0 Å². The van der Waals surface area contributed by atoms with E-state index in [1.54, 1.807) is 19.1 Å². The number of benzene rings is 3. The number of non-ortho nitro benzene ring substituents is 1. The second-order valence-electron chi connectivity index (χ2n) is 5.97. The number of amides is 1. The van der Waals surface area contributed by atoms with Gasteiger partial charge in [0.15, 0.2) is 0 Å². The summed E-state index contributed by atoms with van der Waals surface area (Å²) in [6.07, 6.45) is 0. The Bertz CT molecular complexity index is 922. The van der Waals surface area contributed by atoms with Crippen LogP contribution in [0.3, 0.4) is 0 Å². The van der Waals surface area contributed by atoms with Crippen molar-refractivity contribution in [1.29, 1.82) is 0 Å². The number of nitrogens with one attached hydrogen (secondary N) is 1. The summed E-state index contributed by atoms with van der Waals surface area (Å²) in [6, 6.07) is 23.5. The van der Waals surface area contributed by atoms with Gasteiger partial charge in [-0.2, -0.15) is 0 Å². The van der Waals surface area contributed by atoms with Crippen LogP contribution in [0.1, 0.15) is 18.4 Å². The first-order chi connectivity index (χ1) is 12.6. The molecule has 0 fully saturated rings. The lowest BCUT2D eigenvalue weighted by Crippen LogP contribution is -2.19. The number of nitro benzene ring substituents is 1. The van der Waals surface area contributed by atoms with Gasteiger partial charge in [-0.1, -0.05) is 60.7 Å². The van der Waals surface area contributed by atoms with E-state index in [0.29, 0.717) is 0 Å². The highest BCUT2D eigenvalue weighted by Gasteiger charge is 2.18. The van der Waals surface area contributed by atoms with Crippen LogP contribution in [0.15, 0.2) is 78.9 Å². The first-order valence-electron chi connectivity index (χ1n) is 8.26. The maximum Gasteiger partial charge on any atom is 0.269 e. The van der Waals surface area contributed by atoms with Crippen LogP contribution in [0.4, 0.5) is 11.4 Å². The number of carbonyl (C=O) groups excluding carboxylic acids is 1. The number of para-hydroxylation sites is 1. The van der Waals surface area contributed by atoms with Crippen LogP contribution in [-0.2, 0) is 4.79 Å². The van der Waals surface area contributed by atoms with Gasteiger partial charge >= 0.3 is 0 Å². The van der Waals surface area contributed by atoms with Crippen molar-refractivity contribution in [3.8, 4) is 11.1 Å². The van der Waals surface area contributed by atoms with E-state index in [4.69, 9.17) is 0 Å². The van der Waals surface area contributed by atoms with Crippen molar-refractivity contribution in [1.82, 2.24) is 0 Å². The van der Waals surface area contributed by atoms with Crippen LogP contribution in [0, 0.1) is 10.1 Å². The summed E-state index contributed by atoms with van der Waals surface area (Å²) in [5.74, 6) is -0.595. The zero-order valence-electron chi connectivity index (χ0n) is 14.3. The molecule has 130 valence electrons. The quantitative estimate of drug-likeness (QED) is 0.522. The molecule has 0 spiro atoms. The second kappa shape index (κ2) is 7.61. The highest BCUT2D eigenvalue weighted by atomic mass is 16.6. The molecule has 1 N–H and O–H groups in total. The number of nitro groups is 1. The molecule has 0 aromatic heterocycles. The van der Waals surface area contributed by atoms with Crippen molar-refractivity contribution in [2.75, 3.05) is 5.32 Å². The van der Waals surface area contributed by atoms with Crippen LogP contribution in [0.2, 0.25) is 0 Å². The number of anilines is 1. The summed E-state index contributed by atoms with van der Waals surface area (Å²) >= 11 is 0. The molecule has 0 radical (unpaired) electrons. The Balaban J connectivity index is 1.81. The lowest BCUT2D eigenvalue weighted by molar-refractivity contribution is -0.384. The summed E-state index contributed by atoms with van der Waals surface area (Å²) < 4.78 is 0. The van der Waals surface area contributed by atoms with Gasteiger partial charge in [-0.3, -0.25) is 14.9 Å². The van der Waals surface area contributed by atoms with Crippen molar-refractivity contribution in [3.63, 3.8) is 0 Å². The SMILES string of the molecule is CC(C(=O)Nc1ccccc1-c1ccccc1)c1ccc([N+](=O)[O-])cc1. The molecule has 0 saturated carbocycles. The topological polar surface area (TPSA) is 72.2 Å². The van der Waals surface area contributed by atoms with Crippen LogP contribution in [0.5, 0.6) is 0 Å². The number of nitrogens with zero attached hydrogens (tertiary/aromatic N) is 1. The van der Waals surface area contributed by atoms with Crippen molar-refractivity contribution < 1.29 is 9.72 Å². The number of rotatable bonds is 5. The fraction of sp³-hybridized carbons (Fsp3) is 0.0952. The minimum atomic E-state index is -0.454. The molecule has 5 nitrogen and oxygen atoms in total. The summed E-state index contributed by atoms with van der Waals surface area (Å²) in [5, 5.41) is 13.7. The van der Waals surface area contributed by atoms with E-state index in [1.807, 2.05) is 54.6 Å². The van der Waals surface area contributed by atoms with E-state index < -0.39 is 10.8 Å². The summed E-state index contributed by atoms with van der Waals surface area (Å²) in [4.78, 5) is 23.0. The summed E-state index contributed by atoms with van der Waals surface area (Å²) in [6.45, 7) is 1.78. The molecule has 0 aliphatic carbocycles. The van der Waals surface area contributed by atoms with Gasteiger partial charge < -0.3 is 5.32 Å². The standard InChI is InChI=1S/C21H18N2O3/c1-15(16-11-13-18(14-12-16)23(25)26)21(24)22-20-10-6-5-9-19(20)17-7-3-2-4-8-17/h2-15H,1H3,(H,22,24). The van der Waals surface area contributed by atoms with E-state index in [9.17, 15) is 14.9 Å². The molecule has 5 heteroatoms. The Morgan fingerprint density at radius 3 is 2.19 bits per heavy atom. The molecular weight excluding hydrogens is 328 g/mol. The zero-order valence-corrected chi connectivity index (χ0v) is 14.3. The average Bonchev–Trinajstić information content (AvgIpc) is 2.68. The predicted molar refractivity (Wildman–Crippen MR) is 102 cm³/mol. The fourth-order valence-corrected chi connectivity index (χ4v) is 2.74. The molecule has 3 aromatic rings. The molecule has 3 aromatic carbocycles. The van der Waals surface area contributed by atoms with Crippen LogP contribution < -0.4 is 5.32 Å². The van der Waals surface area contributed by atoms with E-state index in [2.05, 4.69) is 5.32 Å². The van der Waals surface area contributed by atoms with E-state index >= 15 is 0 Å². The van der Waals surface area contributed by atoms with Gasteiger partial charge in [0.05, 0.1) is 10.8 Å². The lowest BCUT2D eigenvalue weighted by atomic mass is 9.99. The third kappa shape index (κ3) is 3.78. The molecule has 0 heterocycles.